The molecule has 3 nitrogen and oxygen atoms in total. The van der Waals surface area contributed by atoms with Gasteiger partial charge in [0.05, 0.1) is 17.9 Å². The molecule has 118 valence electrons. The van der Waals surface area contributed by atoms with Gasteiger partial charge < -0.3 is 0 Å². The highest BCUT2D eigenvalue weighted by molar-refractivity contribution is 5.62. The molecule has 0 bridgehead atoms. The Kier molecular flexibility index (Phi) is 4.86. The Morgan fingerprint density at radius 2 is 1.70 bits per heavy atom. The highest BCUT2D eigenvalue weighted by Gasteiger charge is 2.14. The van der Waals surface area contributed by atoms with E-state index >= 15 is 0 Å². The first kappa shape index (κ1) is 15.5. The van der Waals surface area contributed by atoms with Gasteiger partial charge in [0.2, 0.25) is 0 Å². The zero-order valence-electron chi connectivity index (χ0n) is 13.9. The van der Waals surface area contributed by atoms with Crippen LogP contribution in [0.5, 0.6) is 0 Å². The van der Waals surface area contributed by atoms with E-state index in [9.17, 15) is 0 Å². The Hall–Kier alpha value is -2.42. The number of hydrogen-bond acceptors (Lipinski definition) is 2. The molecular formula is C20H23N3. The van der Waals surface area contributed by atoms with E-state index < -0.39 is 0 Å². The topological polar surface area (TPSA) is 30.7 Å². The van der Waals surface area contributed by atoms with E-state index in [2.05, 4.69) is 72.7 Å². The molecule has 1 aromatic heterocycles. The number of rotatable bonds is 6. The van der Waals surface area contributed by atoms with E-state index in [4.69, 9.17) is 0 Å². The molecule has 0 saturated carbocycles. The quantitative estimate of drug-likeness (QED) is 0.664. The molecule has 0 atom stereocenters. The van der Waals surface area contributed by atoms with Crippen LogP contribution < -0.4 is 0 Å². The molecular weight excluding hydrogens is 282 g/mol. The summed E-state index contributed by atoms with van der Waals surface area (Å²) in [6, 6.07) is 19.1. The number of hydrogen-bond donors (Lipinski definition) is 0. The minimum absolute atomic E-state index is 0.753. The molecule has 0 radical (unpaired) electrons. The number of nitrogens with zero attached hydrogens (tertiary/aromatic N) is 3. The van der Waals surface area contributed by atoms with Crippen LogP contribution in [0.25, 0.3) is 11.3 Å². The van der Waals surface area contributed by atoms with Crippen LogP contribution in [0.4, 0.5) is 0 Å². The Labute approximate surface area is 138 Å². The van der Waals surface area contributed by atoms with Crippen LogP contribution in [-0.2, 0) is 13.0 Å². The van der Waals surface area contributed by atoms with Crippen LogP contribution >= 0.6 is 0 Å². The lowest BCUT2D eigenvalue weighted by molar-refractivity contribution is 0.654. The summed E-state index contributed by atoms with van der Waals surface area (Å²) in [6.07, 6.45) is 3.29. The van der Waals surface area contributed by atoms with E-state index in [-0.39, 0.29) is 0 Å². The fourth-order valence-electron chi connectivity index (χ4n) is 2.76. The second-order valence-electron chi connectivity index (χ2n) is 6.00. The molecule has 2 aromatic carbocycles. The second kappa shape index (κ2) is 7.23. The van der Waals surface area contributed by atoms with Gasteiger partial charge in [0.25, 0.3) is 0 Å². The predicted molar refractivity (Wildman–Crippen MR) is 94.4 cm³/mol. The fraction of sp³-hybridized carbons (Fsp3) is 0.300. The lowest BCUT2D eigenvalue weighted by Gasteiger charge is -2.09. The molecule has 0 aliphatic heterocycles. The van der Waals surface area contributed by atoms with Crippen molar-refractivity contribution in [2.75, 3.05) is 0 Å². The standard InChI is InChI=1S/C20H23N3/c1-3-4-10-19-20(18-13-11-16(2)12-14-18)23(22-21-19)15-17-8-6-5-7-9-17/h5-9,11-14H,3-4,10,15H2,1-2H3. The van der Waals surface area contributed by atoms with Gasteiger partial charge in [-0.05, 0) is 25.3 Å². The summed E-state index contributed by atoms with van der Waals surface area (Å²) in [4.78, 5) is 0. The highest BCUT2D eigenvalue weighted by atomic mass is 15.4. The highest BCUT2D eigenvalue weighted by Crippen LogP contribution is 2.25. The normalized spacial score (nSPS) is 10.9. The van der Waals surface area contributed by atoms with E-state index in [1.165, 1.54) is 23.1 Å². The molecule has 0 fully saturated rings. The van der Waals surface area contributed by atoms with E-state index in [1.54, 1.807) is 0 Å². The van der Waals surface area contributed by atoms with Crippen molar-refractivity contribution < 1.29 is 0 Å². The molecule has 0 unspecified atom stereocenters. The van der Waals surface area contributed by atoms with Gasteiger partial charge in [0.15, 0.2) is 0 Å². The molecule has 3 heteroatoms. The van der Waals surface area contributed by atoms with Gasteiger partial charge in [-0.15, -0.1) is 5.10 Å². The average Bonchev–Trinajstić information content (AvgIpc) is 2.97. The van der Waals surface area contributed by atoms with Crippen molar-refractivity contribution in [1.82, 2.24) is 15.0 Å². The van der Waals surface area contributed by atoms with Gasteiger partial charge in [-0.3, -0.25) is 0 Å². The maximum Gasteiger partial charge on any atom is 0.0921 e. The molecule has 0 N–H and O–H groups in total. The van der Waals surface area contributed by atoms with Crippen molar-refractivity contribution in [2.45, 2.75) is 39.7 Å². The van der Waals surface area contributed by atoms with Crippen LogP contribution in [-0.4, -0.2) is 15.0 Å². The molecule has 0 amide bonds. The first-order chi connectivity index (χ1) is 11.3. The lowest BCUT2D eigenvalue weighted by Crippen LogP contribution is -2.04. The minimum atomic E-state index is 0.753. The third-order valence-corrected chi connectivity index (χ3v) is 4.07. The van der Waals surface area contributed by atoms with Crippen molar-refractivity contribution in [1.29, 1.82) is 0 Å². The van der Waals surface area contributed by atoms with Crippen molar-refractivity contribution >= 4 is 0 Å². The molecule has 0 aliphatic rings. The number of aryl methyl sites for hydroxylation is 2. The average molecular weight is 305 g/mol. The zero-order chi connectivity index (χ0) is 16.1. The van der Waals surface area contributed by atoms with E-state index in [0.29, 0.717) is 0 Å². The predicted octanol–water partition coefficient (Wildman–Crippen LogP) is 4.64. The first-order valence-corrected chi connectivity index (χ1v) is 8.31. The van der Waals surface area contributed by atoms with Crippen molar-refractivity contribution in [3.05, 3.63) is 71.4 Å². The third-order valence-electron chi connectivity index (χ3n) is 4.07. The Morgan fingerprint density at radius 1 is 0.957 bits per heavy atom. The number of aromatic nitrogens is 3. The second-order valence-corrected chi connectivity index (χ2v) is 6.00. The van der Waals surface area contributed by atoms with Crippen LogP contribution in [0.15, 0.2) is 54.6 Å². The zero-order valence-corrected chi connectivity index (χ0v) is 13.9. The van der Waals surface area contributed by atoms with Crippen molar-refractivity contribution in [2.24, 2.45) is 0 Å². The molecule has 3 aromatic rings. The summed E-state index contributed by atoms with van der Waals surface area (Å²) >= 11 is 0. The van der Waals surface area contributed by atoms with Crippen molar-refractivity contribution in [3.63, 3.8) is 0 Å². The van der Waals surface area contributed by atoms with E-state index in [1.807, 2.05) is 10.7 Å². The van der Waals surface area contributed by atoms with Crippen LogP contribution in [0, 0.1) is 6.92 Å². The minimum Gasteiger partial charge on any atom is -0.240 e. The maximum atomic E-state index is 4.46. The molecule has 1 heterocycles. The summed E-state index contributed by atoms with van der Waals surface area (Å²) in [6.45, 7) is 5.07. The van der Waals surface area contributed by atoms with Gasteiger partial charge in [-0.2, -0.15) is 0 Å². The summed E-state index contributed by atoms with van der Waals surface area (Å²) in [5, 5.41) is 8.89. The molecule has 0 spiro atoms. The van der Waals surface area contributed by atoms with Gasteiger partial charge in [-0.1, -0.05) is 78.7 Å². The molecule has 0 saturated heterocycles. The fourth-order valence-corrected chi connectivity index (χ4v) is 2.76. The van der Waals surface area contributed by atoms with Gasteiger partial charge in [-0.25, -0.2) is 4.68 Å². The van der Waals surface area contributed by atoms with Crippen LogP contribution in [0.1, 0.15) is 36.6 Å². The Bertz CT molecular complexity index is 742. The summed E-state index contributed by atoms with van der Waals surface area (Å²) in [5.41, 5.74) is 5.97. The Morgan fingerprint density at radius 3 is 2.39 bits per heavy atom. The maximum absolute atomic E-state index is 4.46. The number of unbranched alkanes of at least 4 members (excludes halogenated alkanes) is 1. The summed E-state index contributed by atoms with van der Waals surface area (Å²) < 4.78 is 2.03. The van der Waals surface area contributed by atoms with Crippen molar-refractivity contribution in [3.8, 4) is 11.3 Å². The van der Waals surface area contributed by atoms with Gasteiger partial charge in [0, 0.05) is 5.56 Å². The van der Waals surface area contributed by atoms with Crippen LogP contribution in [0.3, 0.4) is 0 Å². The van der Waals surface area contributed by atoms with Gasteiger partial charge >= 0.3 is 0 Å². The molecule has 23 heavy (non-hydrogen) atoms. The van der Waals surface area contributed by atoms with E-state index in [0.717, 1.165) is 30.8 Å². The third kappa shape index (κ3) is 3.67. The molecule has 0 aliphatic carbocycles. The Balaban J connectivity index is 1.98. The number of benzene rings is 2. The van der Waals surface area contributed by atoms with Gasteiger partial charge in [0.1, 0.15) is 0 Å². The lowest BCUT2D eigenvalue weighted by atomic mass is 10.0. The SMILES string of the molecule is CCCCc1nnn(Cc2ccccc2)c1-c1ccc(C)cc1. The molecule has 3 rings (SSSR count). The summed E-state index contributed by atoms with van der Waals surface area (Å²) in [5.74, 6) is 0. The van der Waals surface area contributed by atoms with Crippen LogP contribution in [0.2, 0.25) is 0 Å². The monoisotopic (exact) mass is 305 g/mol. The largest absolute Gasteiger partial charge is 0.240 e. The smallest absolute Gasteiger partial charge is 0.0921 e. The first-order valence-electron chi connectivity index (χ1n) is 8.31. The summed E-state index contributed by atoms with van der Waals surface area (Å²) in [7, 11) is 0.